The van der Waals surface area contributed by atoms with Gasteiger partial charge in [0, 0.05) is 0 Å². The second kappa shape index (κ2) is 14.6. The molecule has 45 heavy (non-hydrogen) atoms. The topological polar surface area (TPSA) is 0 Å². The third-order valence-corrected chi connectivity index (χ3v) is 42.9. The molecule has 0 aliphatic carbocycles. The summed E-state index contributed by atoms with van der Waals surface area (Å²) in [7, 11) is 0. The van der Waals surface area contributed by atoms with Gasteiger partial charge in [-0.2, -0.15) is 0 Å². The van der Waals surface area contributed by atoms with Crippen LogP contribution in [0.3, 0.4) is 0 Å². The Balaban J connectivity index is 2.02. The zero-order chi connectivity index (χ0) is 32.2. The molecule has 0 spiro atoms. The van der Waals surface area contributed by atoms with Crippen LogP contribution >= 0.6 is 0 Å². The van der Waals surface area contributed by atoms with Gasteiger partial charge >= 0.3 is 282 Å². The molecule has 0 N–H and O–H groups in total. The van der Waals surface area contributed by atoms with Gasteiger partial charge in [-0.3, -0.25) is 0 Å². The Morgan fingerprint density at radius 1 is 0.333 bits per heavy atom. The van der Waals surface area contributed by atoms with E-state index < -0.39 is 26.5 Å². The van der Waals surface area contributed by atoms with E-state index in [4.69, 9.17) is 0 Å². The van der Waals surface area contributed by atoms with Crippen LogP contribution in [0.2, 0.25) is 4.09 Å². The van der Waals surface area contributed by atoms with Crippen LogP contribution in [-0.4, -0.2) is 26.5 Å². The van der Waals surface area contributed by atoms with Crippen LogP contribution < -0.4 is 17.6 Å². The molecule has 1 heterocycles. The molecule has 0 fully saturated rings. The van der Waals surface area contributed by atoms with E-state index in [-0.39, 0.29) is 0 Å². The van der Waals surface area contributed by atoms with Gasteiger partial charge in [0.1, 0.15) is 0 Å². The van der Waals surface area contributed by atoms with Crippen LogP contribution in [0, 0.1) is 0 Å². The first kappa shape index (κ1) is 34.1. The summed E-state index contributed by atoms with van der Waals surface area (Å²) in [5, 5.41) is 0. The van der Waals surface area contributed by atoms with E-state index in [2.05, 4.69) is 138 Å². The van der Waals surface area contributed by atoms with E-state index >= 15 is 0 Å². The van der Waals surface area contributed by atoms with E-state index in [1.165, 1.54) is 4.09 Å². The fourth-order valence-electron chi connectivity index (χ4n) is 9.04. The molecular weight excluding hydrogens is 662 g/mol. The summed E-state index contributed by atoms with van der Waals surface area (Å²) >= 11 is -6.34. The Morgan fingerprint density at radius 2 is 0.511 bits per heavy atom. The van der Waals surface area contributed by atoms with Crippen LogP contribution in [0.25, 0.3) is 0 Å². The summed E-state index contributed by atoms with van der Waals surface area (Å²) in [6, 6.07) is 29.3. The number of aryl methyl sites for hydroxylation is 8. The molecule has 236 valence electrons. The molecule has 4 aromatic rings. The van der Waals surface area contributed by atoms with E-state index in [0.717, 1.165) is 51.4 Å². The zero-order valence-corrected chi connectivity index (χ0v) is 33.6. The van der Waals surface area contributed by atoms with Gasteiger partial charge < -0.3 is 0 Å². The number of rotatable bonds is 12. The van der Waals surface area contributed by atoms with Crippen molar-refractivity contribution < 1.29 is 0 Å². The van der Waals surface area contributed by atoms with Gasteiger partial charge in [0.15, 0.2) is 0 Å². The average molecular weight is 718 g/mol. The SMILES string of the molecule is CCc1cccc(CC)[c]1[Ge]1([c]2c(CC)cccc2CC)[CH]=[CH][Ge]([c]2c(CC)cccc2CC)([c]2c(CC)cccc2CC)[CH2]1. The fourth-order valence-corrected chi connectivity index (χ4v) is 56.6. The van der Waals surface area contributed by atoms with Gasteiger partial charge in [-0.15, -0.1) is 0 Å². The van der Waals surface area contributed by atoms with Crippen molar-refractivity contribution in [2.75, 3.05) is 0 Å². The minimum absolute atomic E-state index is 1.11. The van der Waals surface area contributed by atoms with Crippen LogP contribution in [0.5, 0.6) is 0 Å². The van der Waals surface area contributed by atoms with Gasteiger partial charge in [-0.05, 0) is 0 Å². The third kappa shape index (κ3) is 5.77. The first-order chi connectivity index (χ1) is 21.9. The molecule has 0 radical (unpaired) electrons. The van der Waals surface area contributed by atoms with Gasteiger partial charge in [-0.1, -0.05) is 0 Å². The molecule has 1 aliphatic rings. The molecule has 0 bridgehead atoms. The Hall–Kier alpha value is -2.29. The normalized spacial score (nSPS) is 15.1. The Morgan fingerprint density at radius 3 is 0.667 bits per heavy atom. The van der Waals surface area contributed by atoms with E-state index in [9.17, 15) is 0 Å². The predicted molar refractivity (Wildman–Crippen MR) is 205 cm³/mol. The van der Waals surface area contributed by atoms with Gasteiger partial charge in [0.2, 0.25) is 0 Å². The predicted octanol–water partition coefficient (Wildman–Crippen LogP) is 8.20. The quantitative estimate of drug-likeness (QED) is 0.130. The second-order valence-electron chi connectivity index (χ2n) is 13.1. The maximum atomic E-state index is 2.99. The van der Waals surface area contributed by atoms with Crippen molar-refractivity contribution in [3.05, 3.63) is 127 Å². The van der Waals surface area contributed by atoms with Gasteiger partial charge in [-0.25, -0.2) is 0 Å². The molecule has 2 heteroatoms. The van der Waals surface area contributed by atoms with Crippen molar-refractivity contribution in [2.24, 2.45) is 0 Å². The van der Waals surface area contributed by atoms with Crippen molar-refractivity contribution >= 4 is 44.1 Å². The molecule has 0 atom stereocenters. The van der Waals surface area contributed by atoms with Crippen LogP contribution in [0.15, 0.2) is 82.6 Å². The summed E-state index contributed by atoms with van der Waals surface area (Å²) in [6.07, 6.45) is 8.87. The van der Waals surface area contributed by atoms with Crippen molar-refractivity contribution in [2.45, 2.75) is 111 Å². The first-order valence-corrected chi connectivity index (χ1v) is 27.7. The van der Waals surface area contributed by atoms with Gasteiger partial charge in [0.05, 0.1) is 0 Å². The molecule has 0 nitrogen and oxygen atoms in total. The summed E-state index contributed by atoms with van der Waals surface area (Å²) in [6.45, 7) is 19.2. The zero-order valence-electron chi connectivity index (χ0n) is 29.4. The summed E-state index contributed by atoms with van der Waals surface area (Å²) in [5.74, 6) is 0. The summed E-state index contributed by atoms with van der Waals surface area (Å²) in [4.78, 5) is 5.97. The molecule has 0 unspecified atom stereocenters. The molecule has 5 rings (SSSR count). The molecule has 4 aromatic carbocycles. The monoisotopic (exact) mass is 720 g/mol. The summed E-state index contributed by atoms with van der Waals surface area (Å²) < 4.78 is 8.63. The Kier molecular flexibility index (Phi) is 11.1. The average Bonchev–Trinajstić information content (AvgIpc) is 3.51. The van der Waals surface area contributed by atoms with E-state index in [1.54, 1.807) is 62.1 Å². The van der Waals surface area contributed by atoms with Crippen LogP contribution in [0.4, 0.5) is 0 Å². The summed E-state index contributed by atoms with van der Waals surface area (Å²) in [5.41, 5.74) is 12.9. The minimum atomic E-state index is -3.17. The standard InChI is InChI=1S/C43H56Ge2/c1-9-32-21-17-22-33(10-2)40(32)44(41-34(11-3)23-18-24-35(41)12-4)29-30-45(31-44,42-36(13-5)25-19-26-37(42)14-6)43-38(15-7)27-20-28-39(43)16-8/h17-30H,9-16,31H2,1-8H3. The molecule has 1 aliphatic heterocycles. The number of benzene rings is 4. The first-order valence-electron chi connectivity index (χ1n) is 18.1. The second-order valence-corrected chi connectivity index (χ2v) is 31.4. The molecular formula is C43H56Ge2. The van der Waals surface area contributed by atoms with Crippen molar-refractivity contribution in [3.8, 4) is 0 Å². The molecule has 0 saturated carbocycles. The number of hydrogen-bond acceptors (Lipinski definition) is 0. The van der Waals surface area contributed by atoms with Crippen molar-refractivity contribution in [3.63, 3.8) is 0 Å². The van der Waals surface area contributed by atoms with Crippen molar-refractivity contribution in [1.82, 2.24) is 0 Å². The van der Waals surface area contributed by atoms with Crippen molar-refractivity contribution in [1.29, 1.82) is 0 Å². The third-order valence-electron chi connectivity index (χ3n) is 11.0. The molecule has 0 amide bonds. The molecule has 0 aromatic heterocycles. The fraction of sp³-hybridized carbons (Fsp3) is 0.395. The Bertz CT molecular complexity index is 1350. The van der Waals surface area contributed by atoms with E-state index in [1.807, 2.05) is 0 Å². The maximum absolute atomic E-state index is 3.17. The van der Waals surface area contributed by atoms with Gasteiger partial charge in [0.25, 0.3) is 0 Å². The number of hydrogen-bond donors (Lipinski definition) is 0. The van der Waals surface area contributed by atoms with E-state index in [0.29, 0.717) is 0 Å². The van der Waals surface area contributed by atoms with Crippen LogP contribution in [0.1, 0.15) is 99.9 Å². The Labute approximate surface area is 280 Å². The molecule has 0 saturated heterocycles. The van der Waals surface area contributed by atoms with Crippen LogP contribution in [-0.2, 0) is 51.4 Å².